The summed E-state index contributed by atoms with van der Waals surface area (Å²) in [4.78, 5) is 4.58. The molecule has 0 spiro atoms. The predicted octanol–water partition coefficient (Wildman–Crippen LogP) is 6.66. The SMILES string of the molecule is N#C/C(=N\[C@H](Cc1ccccc1)c1ccc(Cl)cc1)c1ccc(C(F)(F)F)cc1. The fourth-order valence-electron chi connectivity index (χ4n) is 2.90. The molecule has 0 saturated carbocycles. The fourth-order valence-corrected chi connectivity index (χ4v) is 3.03. The lowest BCUT2D eigenvalue weighted by molar-refractivity contribution is -0.137. The minimum Gasteiger partial charge on any atom is -0.265 e. The molecule has 0 aliphatic carbocycles. The van der Waals surface area contributed by atoms with Crippen molar-refractivity contribution in [1.29, 1.82) is 5.26 Å². The van der Waals surface area contributed by atoms with Gasteiger partial charge in [-0.25, -0.2) is 0 Å². The number of aliphatic imine (C=N–C) groups is 1. The average Bonchev–Trinajstić information content (AvgIpc) is 2.72. The van der Waals surface area contributed by atoms with E-state index < -0.39 is 11.7 Å². The lowest BCUT2D eigenvalue weighted by Crippen LogP contribution is -2.08. The Morgan fingerprint density at radius 3 is 2.10 bits per heavy atom. The van der Waals surface area contributed by atoms with Crippen LogP contribution < -0.4 is 0 Å². The highest BCUT2D eigenvalue weighted by Crippen LogP contribution is 2.30. The van der Waals surface area contributed by atoms with E-state index in [1.807, 2.05) is 48.5 Å². The number of nitrogens with zero attached hydrogens (tertiary/aromatic N) is 2. The number of rotatable bonds is 5. The van der Waals surface area contributed by atoms with Crippen LogP contribution in [-0.2, 0) is 12.6 Å². The largest absolute Gasteiger partial charge is 0.416 e. The first kappa shape index (κ1) is 20.6. The van der Waals surface area contributed by atoms with E-state index in [2.05, 4.69) is 4.99 Å². The van der Waals surface area contributed by atoms with E-state index in [0.29, 0.717) is 17.0 Å². The Kier molecular flexibility index (Phi) is 6.36. The van der Waals surface area contributed by atoms with Crippen molar-refractivity contribution >= 4 is 17.3 Å². The van der Waals surface area contributed by atoms with Crippen LogP contribution in [0.25, 0.3) is 0 Å². The predicted molar refractivity (Wildman–Crippen MR) is 108 cm³/mol. The molecule has 3 rings (SSSR count). The van der Waals surface area contributed by atoms with Gasteiger partial charge in [0.15, 0.2) is 0 Å². The summed E-state index contributed by atoms with van der Waals surface area (Å²) in [6, 6.07) is 22.9. The molecule has 3 aromatic carbocycles. The number of alkyl halides is 3. The van der Waals surface area contributed by atoms with E-state index in [1.54, 1.807) is 12.1 Å². The molecule has 0 heterocycles. The van der Waals surface area contributed by atoms with E-state index >= 15 is 0 Å². The maximum atomic E-state index is 12.8. The molecule has 29 heavy (non-hydrogen) atoms. The minimum absolute atomic E-state index is 0.0783. The number of hydrogen-bond donors (Lipinski definition) is 0. The van der Waals surface area contributed by atoms with Crippen LogP contribution >= 0.6 is 11.6 Å². The monoisotopic (exact) mass is 412 g/mol. The summed E-state index contributed by atoms with van der Waals surface area (Å²) in [5, 5.41) is 10.2. The molecule has 146 valence electrons. The maximum Gasteiger partial charge on any atom is 0.416 e. The molecule has 0 amide bonds. The highest BCUT2D eigenvalue weighted by Gasteiger charge is 2.30. The summed E-state index contributed by atoms with van der Waals surface area (Å²) < 4.78 is 38.4. The van der Waals surface area contributed by atoms with Gasteiger partial charge in [-0.05, 0) is 41.8 Å². The Morgan fingerprint density at radius 1 is 0.931 bits per heavy atom. The standard InChI is InChI=1S/C23H16ClF3N2/c24-20-12-8-17(9-13-20)21(14-16-4-2-1-3-5-16)29-22(15-28)18-6-10-19(11-7-18)23(25,26)27/h1-13,21H,14H2/b29-22+/t21-/m1/s1. The molecule has 0 aliphatic rings. The van der Waals surface area contributed by atoms with Crippen LogP contribution in [-0.4, -0.2) is 5.71 Å². The van der Waals surface area contributed by atoms with E-state index in [-0.39, 0.29) is 11.8 Å². The van der Waals surface area contributed by atoms with Crippen LogP contribution in [0.15, 0.2) is 83.9 Å². The van der Waals surface area contributed by atoms with Crippen molar-refractivity contribution in [2.45, 2.75) is 18.6 Å². The highest BCUT2D eigenvalue weighted by atomic mass is 35.5. The van der Waals surface area contributed by atoms with Gasteiger partial charge >= 0.3 is 6.18 Å². The summed E-state index contributed by atoms with van der Waals surface area (Å²) >= 11 is 5.98. The summed E-state index contributed by atoms with van der Waals surface area (Å²) in [5.41, 5.74) is 1.54. The molecule has 0 unspecified atom stereocenters. The first-order valence-electron chi connectivity index (χ1n) is 8.82. The van der Waals surface area contributed by atoms with Gasteiger partial charge in [0.05, 0.1) is 11.6 Å². The van der Waals surface area contributed by atoms with Gasteiger partial charge in [0, 0.05) is 10.6 Å². The zero-order chi connectivity index (χ0) is 20.9. The Labute approximate surface area is 171 Å². The second-order valence-electron chi connectivity index (χ2n) is 6.42. The van der Waals surface area contributed by atoms with E-state index in [9.17, 15) is 18.4 Å². The highest BCUT2D eigenvalue weighted by molar-refractivity contribution is 6.30. The topological polar surface area (TPSA) is 36.1 Å². The molecule has 0 N–H and O–H groups in total. The molecular formula is C23H16ClF3N2. The van der Waals surface area contributed by atoms with Crippen molar-refractivity contribution in [1.82, 2.24) is 0 Å². The zero-order valence-corrected chi connectivity index (χ0v) is 16.0. The van der Waals surface area contributed by atoms with Gasteiger partial charge in [0.2, 0.25) is 0 Å². The van der Waals surface area contributed by atoms with Gasteiger partial charge in [-0.15, -0.1) is 0 Å². The van der Waals surface area contributed by atoms with Gasteiger partial charge in [-0.3, -0.25) is 4.99 Å². The van der Waals surface area contributed by atoms with Crippen LogP contribution in [0.1, 0.15) is 28.3 Å². The molecule has 0 aromatic heterocycles. The van der Waals surface area contributed by atoms with E-state index in [0.717, 1.165) is 23.3 Å². The van der Waals surface area contributed by atoms with Crippen LogP contribution in [0.5, 0.6) is 0 Å². The molecular weight excluding hydrogens is 397 g/mol. The van der Waals surface area contributed by atoms with Gasteiger partial charge in [-0.2, -0.15) is 18.4 Å². The summed E-state index contributed by atoms with van der Waals surface area (Å²) in [6.07, 6.45) is -3.89. The Morgan fingerprint density at radius 2 is 1.55 bits per heavy atom. The fraction of sp³-hybridized carbons (Fsp3) is 0.130. The number of nitriles is 1. The lowest BCUT2D eigenvalue weighted by atomic mass is 9.98. The third-order valence-electron chi connectivity index (χ3n) is 4.40. The molecule has 1 atom stereocenters. The summed E-state index contributed by atoms with van der Waals surface area (Å²) in [5.74, 6) is 0. The van der Waals surface area contributed by atoms with Crippen LogP contribution in [0, 0.1) is 11.3 Å². The van der Waals surface area contributed by atoms with Crippen LogP contribution in [0.2, 0.25) is 5.02 Å². The first-order chi connectivity index (χ1) is 13.9. The smallest absolute Gasteiger partial charge is 0.265 e. The molecule has 0 aliphatic heterocycles. The lowest BCUT2D eigenvalue weighted by Gasteiger charge is -2.15. The second kappa shape index (κ2) is 8.93. The van der Waals surface area contributed by atoms with Crippen molar-refractivity contribution < 1.29 is 13.2 Å². The zero-order valence-electron chi connectivity index (χ0n) is 15.2. The molecule has 0 bridgehead atoms. The minimum atomic E-state index is -4.43. The number of benzene rings is 3. The molecule has 0 fully saturated rings. The maximum absolute atomic E-state index is 12.8. The van der Waals surface area contributed by atoms with Crippen molar-refractivity contribution in [2.75, 3.05) is 0 Å². The number of halogens is 4. The molecule has 6 heteroatoms. The second-order valence-corrected chi connectivity index (χ2v) is 6.86. The normalized spacial score (nSPS) is 13.0. The van der Waals surface area contributed by atoms with E-state index in [1.165, 1.54) is 12.1 Å². The van der Waals surface area contributed by atoms with Crippen molar-refractivity contribution in [3.05, 3.63) is 106 Å². The van der Waals surface area contributed by atoms with Crippen LogP contribution in [0.3, 0.4) is 0 Å². The summed E-state index contributed by atoms with van der Waals surface area (Å²) in [7, 11) is 0. The van der Waals surface area contributed by atoms with Crippen molar-refractivity contribution in [3.63, 3.8) is 0 Å². The van der Waals surface area contributed by atoms with Crippen LogP contribution in [0.4, 0.5) is 13.2 Å². The van der Waals surface area contributed by atoms with Crippen molar-refractivity contribution in [2.24, 2.45) is 4.99 Å². The van der Waals surface area contributed by atoms with Gasteiger partial charge in [0.1, 0.15) is 11.8 Å². The van der Waals surface area contributed by atoms with Gasteiger partial charge < -0.3 is 0 Å². The first-order valence-corrected chi connectivity index (χ1v) is 9.19. The van der Waals surface area contributed by atoms with Gasteiger partial charge in [-0.1, -0.05) is 66.2 Å². The van der Waals surface area contributed by atoms with E-state index in [4.69, 9.17) is 11.6 Å². The van der Waals surface area contributed by atoms with Crippen molar-refractivity contribution in [3.8, 4) is 6.07 Å². The Bertz CT molecular complexity index is 1020. The molecule has 3 aromatic rings. The third kappa shape index (κ3) is 5.46. The number of hydrogen-bond acceptors (Lipinski definition) is 2. The Hall–Kier alpha value is -3.10. The third-order valence-corrected chi connectivity index (χ3v) is 4.66. The molecule has 2 nitrogen and oxygen atoms in total. The Balaban J connectivity index is 1.98. The summed E-state index contributed by atoms with van der Waals surface area (Å²) in [6.45, 7) is 0. The van der Waals surface area contributed by atoms with Gasteiger partial charge in [0.25, 0.3) is 0 Å². The molecule has 0 radical (unpaired) electrons. The quantitative estimate of drug-likeness (QED) is 0.432. The average molecular weight is 413 g/mol. The molecule has 0 saturated heterocycles.